The highest BCUT2D eigenvalue weighted by Crippen LogP contribution is 2.26. The predicted octanol–water partition coefficient (Wildman–Crippen LogP) is 3.90. The monoisotopic (exact) mass is 402 g/mol. The Morgan fingerprint density at radius 2 is 1.77 bits per heavy atom. The summed E-state index contributed by atoms with van der Waals surface area (Å²) in [6.07, 6.45) is 2.51. The van der Waals surface area contributed by atoms with Crippen molar-refractivity contribution in [3.05, 3.63) is 83.0 Å². The Labute approximate surface area is 174 Å². The summed E-state index contributed by atoms with van der Waals surface area (Å²) in [6, 6.07) is 15.8. The van der Waals surface area contributed by atoms with E-state index in [0.717, 1.165) is 12.0 Å². The summed E-state index contributed by atoms with van der Waals surface area (Å²) < 4.78 is 1.75. The maximum atomic E-state index is 12.8. The van der Waals surface area contributed by atoms with Crippen molar-refractivity contribution in [1.29, 1.82) is 0 Å². The van der Waals surface area contributed by atoms with Crippen LogP contribution in [0.25, 0.3) is 0 Å². The van der Waals surface area contributed by atoms with E-state index in [-0.39, 0.29) is 30.0 Å². The first-order chi connectivity index (χ1) is 14.5. The molecule has 30 heavy (non-hydrogen) atoms. The molecule has 7 nitrogen and oxygen atoms in total. The molecule has 4 rings (SSSR count). The molecule has 3 amide bonds. The highest BCUT2D eigenvalue weighted by molar-refractivity contribution is 6.22. The number of imide groups is 1. The molecule has 1 aromatic heterocycles. The highest BCUT2D eigenvalue weighted by Gasteiger charge is 2.36. The van der Waals surface area contributed by atoms with E-state index in [0.29, 0.717) is 16.9 Å². The maximum Gasteiger partial charge on any atom is 0.261 e. The lowest BCUT2D eigenvalue weighted by atomic mass is 10.1. The molecule has 3 aromatic rings. The third-order valence-corrected chi connectivity index (χ3v) is 5.34. The molecular formula is C23H22N4O3. The molecule has 0 saturated carbocycles. The Hall–Kier alpha value is -3.74. The maximum absolute atomic E-state index is 12.8. The van der Waals surface area contributed by atoms with Gasteiger partial charge in [-0.1, -0.05) is 37.3 Å². The van der Waals surface area contributed by atoms with Crippen LogP contribution in [-0.2, 0) is 6.54 Å². The van der Waals surface area contributed by atoms with Crippen molar-refractivity contribution in [2.75, 3.05) is 5.32 Å². The minimum Gasteiger partial charge on any atom is -0.307 e. The van der Waals surface area contributed by atoms with Crippen LogP contribution in [0.1, 0.15) is 62.9 Å². The smallest absolute Gasteiger partial charge is 0.261 e. The lowest BCUT2D eigenvalue weighted by Gasteiger charge is -2.14. The van der Waals surface area contributed by atoms with Crippen molar-refractivity contribution in [1.82, 2.24) is 14.7 Å². The molecule has 152 valence electrons. The number of hydrogen-bond donors (Lipinski definition) is 1. The molecule has 1 N–H and O–H groups in total. The Bertz CT molecular complexity index is 1120. The van der Waals surface area contributed by atoms with Gasteiger partial charge in [-0.05, 0) is 37.1 Å². The summed E-state index contributed by atoms with van der Waals surface area (Å²) >= 11 is 0. The number of carbonyl (C=O) groups is 3. The standard InChI is InChI=1S/C23H22N4O3/c1-3-15(2)27-20(11-12-24-27)25-21(28)17-9-10-18-19(13-17)23(30)26(22(18)29)14-16-7-5-4-6-8-16/h4-13,15H,3,14H2,1-2H3,(H,25,28). The van der Waals surface area contributed by atoms with Crippen LogP contribution in [0.3, 0.4) is 0 Å². The van der Waals surface area contributed by atoms with E-state index in [9.17, 15) is 14.4 Å². The fourth-order valence-electron chi connectivity index (χ4n) is 3.47. The van der Waals surface area contributed by atoms with Crippen LogP contribution in [0.5, 0.6) is 0 Å². The molecule has 0 radical (unpaired) electrons. The molecule has 0 fully saturated rings. The van der Waals surface area contributed by atoms with Crippen molar-refractivity contribution in [2.45, 2.75) is 32.9 Å². The quantitative estimate of drug-likeness (QED) is 0.634. The SMILES string of the molecule is CCC(C)n1nccc1NC(=O)c1ccc2c(c1)C(=O)N(Cc1ccccc1)C2=O. The third kappa shape index (κ3) is 3.50. The van der Waals surface area contributed by atoms with E-state index < -0.39 is 5.91 Å². The van der Waals surface area contributed by atoms with Gasteiger partial charge in [0.15, 0.2) is 0 Å². The fourth-order valence-corrected chi connectivity index (χ4v) is 3.47. The molecule has 0 bridgehead atoms. The van der Waals surface area contributed by atoms with Crippen LogP contribution in [0.4, 0.5) is 5.82 Å². The molecule has 0 spiro atoms. The number of benzene rings is 2. The minimum absolute atomic E-state index is 0.140. The van der Waals surface area contributed by atoms with E-state index in [4.69, 9.17) is 0 Å². The van der Waals surface area contributed by atoms with Crippen molar-refractivity contribution >= 4 is 23.5 Å². The number of aromatic nitrogens is 2. The molecule has 0 saturated heterocycles. The summed E-state index contributed by atoms with van der Waals surface area (Å²) in [6.45, 7) is 4.26. The second-order valence-electron chi connectivity index (χ2n) is 7.31. The topological polar surface area (TPSA) is 84.3 Å². The number of rotatable bonds is 6. The number of fused-ring (bicyclic) bond motifs is 1. The summed E-state index contributed by atoms with van der Waals surface area (Å²) in [7, 11) is 0. The molecule has 7 heteroatoms. The van der Waals surface area contributed by atoms with Crippen LogP contribution >= 0.6 is 0 Å². The van der Waals surface area contributed by atoms with Gasteiger partial charge in [-0.15, -0.1) is 0 Å². The molecule has 1 atom stereocenters. The lowest BCUT2D eigenvalue weighted by molar-refractivity contribution is 0.0642. The van der Waals surface area contributed by atoms with E-state index >= 15 is 0 Å². The fraction of sp³-hybridized carbons (Fsp3) is 0.217. The summed E-state index contributed by atoms with van der Waals surface area (Å²) in [4.78, 5) is 39.5. The molecular weight excluding hydrogens is 380 g/mol. The van der Waals surface area contributed by atoms with Gasteiger partial charge in [-0.25, -0.2) is 4.68 Å². The molecule has 2 heterocycles. The number of hydrogen-bond acceptors (Lipinski definition) is 4. The first-order valence-electron chi connectivity index (χ1n) is 9.88. The summed E-state index contributed by atoms with van der Waals surface area (Å²) in [5, 5.41) is 7.10. The van der Waals surface area contributed by atoms with E-state index in [2.05, 4.69) is 10.4 Å². The van der Waals surface area contributed by atoms with Crippen molar-refractivity contribution in [3.8, 4) is 0 Å². The van der Waals surface area contributed by atoms with Gasteiger partial charge < -0.3 is 5.32 Å². The van der Waals surface area contributed by atoms with E-state index in [1.807, 2.05) is 44.2 Å². The largest absolute Gasteiger partial charge is 0.307 e. The number of carbonyl (C=O) groups excluding carboxylic acids is 3. The van der Waals surface area contributed by atoms with Crippen molar-refractivity contribution < 1.29 is 14.4 Å². The van der Waals surface area contributed by atoms with Gasteiger partial charge in [-0.3, -0.25) is 19.3 Å². The van der Waals surface area contributed by atoms with E-state index in [1.54, 1.807) is 29.1 Å². The predicted molar refractivity (Wildman–Crippen MR) is 112 cm³/mol. The average Bonchev–Trinajstić information content (AvgIpc) is 3.32. The number of anilines is 1. The summed E-state index contributed by atoms with van der Waals surface area (Å²) in [5.74, 6) is -0.508. The van der Waals surface area contributed by atoms with Gasteiger partial charge >= 0.3 is 0 Å². The normalized spacial score (nSPS) is 14.0. The zero-order valence-corrected chi connectivity index (χ0v) is 16.8. The third-order valence-electron chi connectivity index (χ3n) is 5.34. The Morgan fingerprint density at radius 1 is 1.03 bits per heavy atom. The molecule has 1 aliphatic heterocycles. The van der Waals surface area contributed by atoms with Crippen LogP contribution in [-0.4, -0.2) is 32.4 Å². The number of nitrogens with one attached hydrogen (secondary N) is 1. The summed E-state index contributed by atoms with van der Waals surface area (Å²) in [5.41, 5.74) is 1.74. The number of amides is 3. The van der Waals surface area contributed by atoms with Crippen LogP contribution in [0, 0.1) is 0 Å². The average molecular weight is 402 g/mol. The zero-order chi connectivity index (χ0) is 21.3. The highest BCUT2D eigenvalue weighted by atomic mass is 16.2. The van der Waals surface area contributed by atoms with Crippen LogP contribution < -0.4 is 5.32 Å². The van der Waals surface area contributed by atoms with Gasteiger partial charge in [-0.2, -0.15) is 5.10 Å². The van der Waals surface area contributed by atoms with Gasteiger partial charge in [0.05, 0.1) is 29.9 Å². The molecule has 0 aliphatic carbocycles. The van der Waals surface area contributed by atoms with Crippen molar-refractivity contribution in [2.24, 2.45) is 0 Å². The van der Waals surface area contributed by atoms with Gasteiger partial charge in [0.1, 0.15) is 5.82 Å². The Balaban J connectivity index is 1.56. The second kappa shape index (κ2) is 7.94. The molecule has 1 unspecified atom stereocenters. The van der Waals surface area contributed by atoms with Gasteiger partial charge in [0.2, 0.25) is 0 Å². The Kier molecular flexibility index (Phi) is 5.18. The van der Waals surface area contributed by atoms with Gasteiger partial charge in [0, 0.05) is 11.6 Å². The van der Waals surface area contributed by atoms with E-state index in [1.165, 1.54) is 11.0 Å². The first kappa shape index (κ1) is 19.6. The Morgan fingerprint density at radius 3 is 2.50 bits per heavy atom. The van der Waals surface area contributed by atoms with Crippen LogP contribution in [0.15, 0.2) is 60.8 Å². The zero-order valence-electron chi connectivity index (χ0n) is 16.8. The van der Waals surface area contributed by atoms with Crippen molar-refractivity contribution in [3.63, 3.8) is 0 Å². The van der Waals surface area contributed by atoms with Crippen LogP contribution in [0.2, 0.25) is 0 Å². The first-order valence-corrected chi connectivity index (χ1v) is 9.88. The number of nitrogens with zero attached hydrogens (tertiary/aromatic N) is 3. The molecule has 2 aromatic carbocycles. The van der Waals surface area contributed by atoms with Gasteiger partial charge in [0.25, 0.3) is 17.7 Å². The minimum atomic E-state index is -0.391. The lowest BCUT2D eigenvalue weighted by Crippen LogP contribution is -2.29. The molecule has 1 aliphatic rings. The second-order valence-corrected chi connectivity index (χ2v) is 7.31.